The number of hydrogen-bond donors (Lipinski definition) is 0. The first kappa shape index (κ1) is 6.54. The molecule has 0 unspecified atom stereocenters. The lowest BCUT2D eigenvalue weighted by Gasteiger charge is -1.84. The molecule has 0 bridgehead atoms. The van der Waals surface area contributed by atoms with Gasteiger partial charge in [0.1, 0.15) is 10.7 Å². The van der Waals surface area contributed by atoms with Crippen molar-refractivity contribution in [3.05, 3.63) is 24.1 Å². The van der Waals surface area contributed by atoms with Gasteiger partial charge in [-0.3, -0.25) is 0 Å². The fourth-order valence-electron chi connectivity index (χ4n) is 0.873. The molecule has 4 heteroatoms. The van der Waals surface area contributed by atoms with Gasteiger partial charge in [-0.25, -0.2) is 9.97 Å². The van der Waals surface area contributed by atoms with Crippen LogP contribution in [0.4, 0.5) is 0 Å². The third-order valence-electron chi connectivity index (χ3n) is 1.36. The zero-order valence-electron chi connectivity index (χ0n) is 6.06. The molecule has 56 valence electrons. The Hall–Kier alpha value is -1.16. The third kappa shape index (κ3) is 1.17. The van der Waals surface area contributed by atoms with E-state index in [0.29, 0.717) is 0 Å². The maximum Gasteiger partial charge on any atom is 0.143 e. The molecule has 0 saturated heterocycles. The topological polar surface area (TPSA) is 30.7 Å². The van der Waals surface area contributed by atoms with Crippen molar-refractivity contribution in [2.45, 2.75) is 0 Å². The first-order valence-corrected chi connectivity index (χ1v) is 4.12. The van der Waals surface area contributed by atoms with Crippen LogP contribution in [0.15, 0.2) is 24.1 Å². The van der Waals surface area contributed by atoms with Crippen molar-refractivity contribution in [1.29, 1.82) is 0 Å². The fourth-order valence-corrected chi connectivity index (χ4v) is 1.47. The van der Waals surface area contributed by atoms with E-state index in [1.165, 1.54) is 0 Å². The monoisotopic (exact) mass is 165 g/mol. The van der Waals surface area contributed by atoms with Crippen LogP contribution in [0.3, 0.4) is 0 Å². The Balaban J connectivity index is 2.45. The summed E-state index contributed by atoms with van der Waals surface area (Å²) in [5.74, 6) is 0. The van der Waals surface area contributed by atoms with E-state index >= 15 is 0 Å². The van der Waals surface area contributed by atoms with Crippen LogP contribution in [0.5, 0.6) is 0 Å². The van der Waals surface area contributed by atoms with Gasteiger partial charge in [-0.05, 0) is 0 Å². The number of imidazole rings is 1. The number of hydrogen-bond acceptors (Lipinski definition) is 3. The first-order chi connectivity index (χ1) is 5.36. The number of thiazole rings is 1. The fraction of sp³-hybridized carbons (Fsp3) is 0.143. The molecule has 0 amide bonds. The van der Waals surface area contributed by atoms with Crippen LogP contribution in [0.25, 0.3) is 10.7 Å². The molecule has 0 fully saturated rings. The Labute approximate surface area is 68.4 Å². The zero-order chi connectivity index (χ0) is 7.68. The molecule has 0 aliphatic rings. The summed E-state index contributed by atoms with van der Waals surface area (Å²) in [6.45, 7) is 0. The number of rotatable bonds is 1. The Kier molecular flexibility index (Phi) is 1.47. The Morgan fingerprint density at radius 3 is 2.91 bits per heavy atom. The Morgan fingerprint density at radius 2 is 2.36 bits per heavy atom. The predicted octanol–water partition coefficient (Wildman–Crippen LogP) is 1.54. The lowest BCUT2D eigenvalue weighted by molar-refractivity contribution is 0.913. The number of nitrogens with zero attached hydrogens (tertiary/aromatic N) is 3. The molecule has 11 heavy (non-hydrogen) atoms. The van der Waals surface area contributed by atoms with Gasteiger partial charge in [-0.1, -0.05) is 0 Å². The average Bonchev–Trinajstić information content (AvgIpc) is 2.55. The molecule has 3 nitrogen and oxygen atoms in total. The van der Waals surface area contributed by atoms with Crippen LogP contribution in [0, 0.1) is 0 Å². The van der Waals surface area contributed by atoms with Gasteiger partial charge in [0.25, 0.3) is 0 Å². The van der Waals surface area contributed by atoms with Gasteiger partial charge in [0.05, 0.1) is 6.33 Å². The van der Waals surface area contributed by atoms with E-state index < -0.39 is 0 Å². The Morgan fingerprint density at radius 1 is 1.45 bits per heavy atom. The molecule has 0 aliphatic heterocycles. The maximum atomic E-state index is 4.17. The molecule has 0 atom stereocenters. The molecule has 0 spiro atoms. The quantitative estimate of drug-likeness (QED) is 0.641. The largest absolute Gasteiger partial charge is 0.340 e. The minimum Gasteiger partial charge on any atom is -0.340 e. The van der Waals surface area contributed by atoms with Crippen molar-refractivity contribution in [1.82, 2.24) is 14.5 Å². The summed E-state index contributed by atoms with van der Waals surface area (Å²) in [7, 11) is 1.95. The maximum absolute atomic E-state index is 4.17. The summed E-state index contributed by atoms with van der Waals surface area (Å²) in [4.78, 5) is 8.31. The van der Waals surface area contributed by atoms with Crippen LogP contribution in [-0.4, -0.2) is 14.5 Å². The molecule has 2 rings (SSSR count). The summed E-state index contributed by atoms with van der Waals surface area (Å²) in [5.41, 5.74) is 0.947. The summed E-state index contributed by atoms with van der Waals surface area (Å²) in [5, 5.41) is 2.93. The molecule has 0 radical (unpaired) electrons. The van der Waals surface area contributed by atoms with Crippen molar-refractivity contribution >= 4 is 11.3 Å². The standard InChI is InChI=1S/C7H7N3S/c1-10-4-6(9-5-10)7-8-2-3-11-7/h2-5H,1H3. The van der Waals surface area contributed by atoms with Crippen molar-refractivity contribution in [3.63, 3.8) is 0 Å². The van der Waals surface area contributed by atoms with Crippen molar-refractivity contribution in [2.75, 3.05) is 0 Å². The van der Waals surface area contributed by atoms with E-state index in [1.807, 2.05) is 23.2 Å². The van der Waals surface area contributed by atoms with Gasteiger partial charge in [0, 0.05) is 24.8 Å². The second kappa shape index (κ2) is 2.47. The van der Waals surface area contributed by atoms with Crippen molar-refractivity contribution < 1.29 is 0 Å². The highest BCUT2D eigenvalue weighted by molar-refractivity contribution is 7.13. The lowest BCUT2D eigenvalue weighted by Crippen LogP contribution is -1.77. The lowest BCUT2D eigenvalue weighted by atomic mass is 10.5. The summed E-state index contributed by atoms with van der Waals surface area (Å²) in [6, 6.07) is 0. The van der Waals surface area contributed by atoms with E-state index in [0.717, 1.165) is 10.7 Å². The van der Waals surface area contributed by atoms with E-state index in [1.54, 1.807) is 23.9 Å². The van der Waals surface area contributed by atoms with Gasteiger partial charge in [0.2, 0.25) is 0 Å². The van der Waals surface area contributed by atoms with E-state index in [4.69, 9.17) is 0 Å². The summed E-state index contributed by atoms with van der Waals surface area (Å²) in [6.07, 6.45) is 5.52. The highest BCUT2D eigenvalue weighted by Crippen LogP contribution is 2.18. The predicted molar refractivity (Wildman–Crippen MR) is 44.3 cm³/mol. The molecule has 2 heterocycles. The second-order valence-corrected chi connectivity index (χ2v) is 3.16. The van der Waals surface area contributed by atoms with E-state index in [-0.39, 0.29) is 0 Å². The summed E-state index contributed by atoms with van der Waals surface area (Å²) < 4.78 is 1.91. The zero-order valence-corrected chi connectivity index (χ0v) is 6.88. The molecule has 0 N–H and O–H groups in total. The first-order valence-electron chi connectivity index (χ1n) is 3.24. The minimum atomic E-state index is 0.947. The molecule has 2 aromatic heterocycles. The molecule has 0 aliphatic carbocycles. The van der Waals surface area contributed by atoms with Crippen LogP contribution in [0.2, 0.25) is 0 Å². The second-order valence-electron chi connectivity index (χ2n) is 2.26. The minimum absolute atomic E-state index is 0.947. The molecular weight excluding hydrogens is 158 g/mol. The van der Waals surface area contributed by atoms with Gasteiger partial charge < -0.3 is 4.57 Å². The smallest absolute Gasteiger partial charge is 0.143 e. The molecule has 2 aromatic rings. The van der Waals surface area contributed by atoms with Gasteiger partial charge >= 0.3 is 0 Å². The highest BCUT2D eigenvalue weighted by atomic mass is 32.1. The van der Waals surface area contributed by atoms with Crippen LogP contribution in [-0.2, 0) is 7.05 Å². The Bertz CT molecular complexity index is 336. The highest BCUT2D eigenvalue weighted by Gasteiger charge is 2.01. The number of aryl methyl sites for hydroxylation is 1. The van der Waals surface area contributed by atoms with E-state index in [2.05, 4.69) is 9.97 Å². The van der Waals surface area contributed by atoms with Crippen LogP contribution >= 0.6 is 11.3 Å². The van der Waals surface area contributed by atoms with Crippen molar-refractivity contribution in [3.8, 4) is 10.7 Å². The van der Waals surface area contributed by atoms with E-state index in [9.17, 15) is 0 Å². The van der Waals surface area contributed by atoms with Crippen LogP contribution in [0.1, 0.15) is 0 Å². The molecule has 0 aromatic carbocycles. The molecular formula is C7H7N3S. The van der Waals surface area contributed by atoms with Crippen LogP contribution < -0.4 is 0 Å². The normalized spacial score (nSPS) is 10.3. The molecule has 0 saturated carbocycles. The van der Waals surface area contributed by atoms with Gasteiger partial charge in [0.15, 0.2) is 0 Å². The third-order valence-corrected chi connectivity index (χ3v) is 2.15. The van der Waals surface area contributed by atoms with Crippen molar-refractivity contribution in [2.24, 2.45) is 7.05 Å². The number of aromatic nitrogens is 3. The van der Waals surface area contributed by atoms with Gasteiger partial charge in [-0.15, -0.1) is 11.3 Å². The summed E-state index contributed by atoms with van der Waals surface area (Å²) >= 11 is 1.60. The SMILES string of the molecule is Cn1cnc(-c2nccs2)c1. The van der Waals surface area contributed by atoms with Gasteiger partial charge in [-0.2, -0.15) is 0 Å². The average molecular weight is 165 g/mol.